The number of fused-ring (bicyclic) bond motifs is 1. The first kappa shape index (κ1) is 16.9. The molecule has 0 saturated carbocycles. The van der Waals surface area contributed by atoms with E-state index in [4.69, 9.17) is 11.6 Å². The zero-order valence-electron chi connectivity index (χ0n) is 14.1. The highest BCUT2D eigenvalue weighted by Gasteiger charge is 2.11. The fourth-order valence-corrected chi connectivity index (χ4v) is 2.92. The summed E-state index contributed by atoms with van der Waals surface area (Å²) in [6.45, 7) is 0. The third kappa shape index (κ3) is 3.86. The van der Waals surface area contributed by atoms with E-state index in [9.17, 15) is 4.79 Å². The van der Waals surface area contributed by atoms with Crippen molar-refractivity contribution in [2.24, 2.45) is 0 Å². The maximum Gasteiger partial charge on any atom is 0.248 e. The summed E-state index contributed by atoms with van der Waals surface area (Å²) >= 11 is 6.05. The van der Waals surface area contributed by atoms with E-state index in [2.05, 4.69) is 32.0 Å². The number of aromatic amines is 1. The molecule has 27 heavy (non-hydrogen) atoms. The summed E-state index contributed by atoms with van der Waals surface area (Å²) in [4.78, 5) is 12.4. The van der Waals surface area contributed by atoms with Crippen molar-refractivity contribution in [3.8, 4) is 11.4 Å². The molecular formula is C20H14ClN5O. The molecule has 1 heterocycles. The van der Waals surface area contributed by atoms with Gasteiger partial charge in [-0.2, -0.15) is 0 Å². The van der Waals surface area contributed by atoms with Gasteiger partial charge in [0.05, 0.1) is 5.69 Å². The van der Waals surface area contributed by atoms with E-state index < -0.39 is 0 Å². The molecule has 1 amide bonds. The van der Waals surface area contributed by atoms with Crippen LogP contribution in [0.2, 0.25) is 5.02 Å². The summed E-state index contributed by atoms with van der Waals surface area (Å²) < 4.78 is 0. The molecule has 0 fully saturated rings. The molecule has 0 saturated heterocycles. The van der Waals surface area contributed by atoms with Gasteiger partial charge in [-0.25, -0.2) is 5.10 Å². The SMILES string of the molecule is O=C(C=Cc1ccc2ccccc2c1)Nc1ccc(Cl)cc1-c1nnn[nH]1. The number of nitrogens with one attached hydrogen (secondary N) is 2. The number of aromatic nitrogens is 4. The van der Waals surface area contributed by atoms with Gasteiger partial charge in [0.1, 0.15) is 0 Å². The van der Waals surface area contributed by atoms with Crippen LogP contribution < -0.4 is 5.32 Å². The van der Waals surface area contributed by atoms with E-state index >= 15 is 0 Å². The number of anilines is 1. The lowest BCUT2D eigenvalue weighted by Gasteiger charge is -2.08. The van der Waals surface area contributed by atoms with Crippen molar-refractivity contribution >= 4 is 40.0 Å². The molecule has 0 spiro atoms. The van der Waals surface area contributed by atoms with Crippen LogP contribution in [-0.2, 0) is 4.79 Å². The summed E-state index contributed by atoms with van der Waals surface area (Å²) in [5.74, 6) is 0.158. The van der Waals surface area contributed by atoms with Gasteiger partial charge in [-0.05, 0) is 57.1 Å². The minimum Gasteiger partial charge on any atom is -0.322 e. The Morgan fingerprint density at radius 1 is 1.04 bits per heavy atom. The Morgan fingerprint density at radius 2 is 1.89 bits per heavy atom. The second-order valence-electron chi connectivity index (χ2n) is 5.87. The van der Waals surface area contributed by atoms with Gasteiger partial charge < -0.3 is 5.32 Å². The molecule has 0 aliphatic heterocycles. The highest BCUT2D eigenvalue weighted by atomic mass is 35.5. The van der Waals surface area contributed by atoms with E-state index in [1.807, 2.05) is 36.4 Å². The average molecular weight is 376 g/mol. The zero-order valence-corrected chi connectivity index (χ0v) is 14.8. The smallest absolute Gasteiger partial charge is 0.248 e. The largest absolute Gasteiger partial charge is 0.322 e. The number of hydrogen-bond donors (Lipinski definition) is 2. The number of nitrogens with zero attached hydrogens (tertiary/aromatic N) is 3. The first-order valence-electron chi connectivity index (χ1n) is 8.20. The second kappa shape index (κ2) is 7.39. The number of carbonyl (C=O) groups is 1. The number of halogens is 1. The van der Waals surface area contributed by atoms with Gasteiger partial charge in [-0.3, -0.25) is 4.79 Å². The molecule has 0 unspecified atom stereocenters. The van der Waals surface area contributed by atoms with Crippen molar-refractivity contribution in [1.29, 1.82) is 0 Å². The molecule has 132 valence electrons. The maximum atomic E-state index is 12.4. The summed E-state index contributed by atoms with van der Waals surface area (Å²) in [5, 5.41) is 19.3. The molecule has 4 rings (SSSR count). The van der Waals surface area contributed by atoms with Gasteiger partial charge in [0.25, 0.3) is 0 Å². The Balaban J connectivity index is 1.55. The Morgan fingerprint density at radius 3 is 2.70 bits per heavy atom. The van der Waals surface area contributed by atoms with Crippen molar-refractivity contribution < 1.29 is 4.79 Å². The number of rotatable bonds is 4. The van der Waals surface area contributed by atoms with Crippen LogP contribution in [0.3, 0.4) is 0 Å². The molecule has 7 heteroatoms. The number of H-pyrrole nitrogens is 1. The van der Waals surface area contributed by atoms with Crippen LogP contribution in [0, 0.1) is 0 Å². The summed E-state index contributed by atoms with van der Waals surface area (Å²) in [7, 11) is 0. The normalized spacial score (nSPS) is 11.1. The van der Waals surface area contributed by atoms with Crippen LogP contribution in [0.5, 0.6) is 0 Å². The van der Waals surface area contributed by atoms with Crippen molar-refractivity contribution in [3.05, 3.63) is 77.3 Å². The van der Waals surface area contributed by atoms with E-state index in [-0.39, 0.29) is 5.91 Å². The number of amides is 1. The fourth-order valence-electron chi connectivity index (χ4n) is 2.75. The standard InChI is InChI=1S/C20H14ClN5O/c21-16-8-9-18(17(12-16)20-23-25-26-24-20)22-19(27)10-6-13-5-7-14-3-1-2-4-15(14)11-13/h1-12H,(H,22,27)(H,23,24,25,26). The van der Waals surface area contributed by atoms with Crippen LogP contribution in [0.4, 0.5) is 5.69 Å². The molecule has 4 aromatic rings. The molecule has 2 N–H and O–H groups in total. The van der Waals surface area contributed by atoms with Crippen molar-refractivity contribution in [2.75, 3.05) is 5.32 Å². The van der Waals surface area contributed by atoms with E-state index in [1.165, 1.54) is 6.08 Å². The number of carbonyl (C=O) groups excluding carboxylic acids is 1. The molecule has 0 aliphatic rings. The number of hydrogen-bond acceptors (Lipinski definition) is 4. The second-order valence-corrected chi connectivity index (χ2v) is 6.31. The highest BCUT2D eigenvalue weighted by molar-refractivity contribution is 6.31. The molecule has 3 aromatic carbocycles. The lowest BCUT2D eigenvalue weighted by molar-refractivity contribution is -0.111. The molecule has 6 nitrogen and oxygen atoms in total. The van der Waals surface area contributed by atoms with Crippen LogP contribution >= 0.6 is 11.6 Å². The van der Waals surface area contributed by atoms with Crippen LogP contribution in [0.1, 0.15) is 5.56 Å². The molecular weight excluding hydrogens is 362 g/mol. The molecule has 0 radical (unpaired) electrons. The van der Waals surface area contributed by atoms with E-state index in [0.717, 1.165) is 16.3 Å². The van der Waals surface area contributed by atoms with Gasteiger partial charge in [0, 0.05) is 16.7 Å². The van der Waals surface area contributed by atoms with Gasteiger partial charge >= 0.3 is 0 Å². The maximum absolute atomic E-state index is 12.4. The average Bonchev–Trinajstić information content (AvgIpc) is 3.22. The minimum atomic E-state index is -0.265. The number of benzene rings is 3. The monoisotopic (exact) mass is 375 g/mol. The first-order chi connectivity index (χ1) is 13.2. The summed E-state index contributed by atoms with van der Waals surface area (Å²) in [6.07, 6.45) is 3.26. The minimum absolute atomic E-state index is 0.265. The third-order valence-corrected chi connectivity index (χ3v) is 4.28. The Labute approximate surface area is 159 Å². The van der Waals surface area contributed by atoms with Gasteiger partial charge in [-0.1, -0.05) is 48.0 Å². The quantitative estimate of drug-likeness (QED) is 0.520. The Hall–Kier alpha value is -3.51. The Bertz CT molecular complexity index is 1140. The Kier molecular flexibility index (Phi) is 4.63. The predicted octanol–water partition coefficient (Wildman–Crippen LogP) is 4.33. The summed E-state index contributed by atoms with van der Waals surface area (Å²) in [5.41, 5.74) is 2.12. The third-order valence-electron chi connectivity index (χ3n) is 4.04. The predicted molar refractivity (Wildman–Crippen MR) is 106 cm³/mol. The molecule has 0 aliphatic carbocycles. The molecule has 0 atom stereocenters. The lowest BCUT2D eigenvalue weighted by Crippen LogP contribution is -2.09. The topological polar surface area (TPSA) is 83.6 Å². The highest BCUT2D eigenvalue weighted by Crippen LogP contribution is 2.28. The van der Waals surface area contributed by atoms with E-state index in [0.29, 0.717) is 22.1 Å². The van der Waals surface area contributed by atoms with Crippen LogP contribution in [0.25, 0.3) is 28.2 Å². The van der Waals surface area contributed by atoms with Crippen molar-refractivity contribution in [1.82, 2.24) is 20.6 Å². The lowest BCUT2D eigenvalue weighted by atomic mass is 10.1. The van der Waals surface area contributed by atoms with Crippen LogP contribution in [-0.4, -0.2) is 26.5 Å². The van der Waals surface area contributed by atoms with Crippen molar-refractivity contribution in [2.45, 2.75) is 0 Å². The van der Waals surface area contributed by atoms with E-state index in [1.54, 1.807) is 24.3 Å². The summed E-state index contributed by atoms with van der Waals surface area (Å²) in [6, 6.07) is 19.2. The number of tetrazole rings is 1. The molecule has 0 bridgehead atoms. The fraction of sp³-hybridized carbons (Fsp3) is 0. The van der Waals surface area contributed by atoms with Gasteiger partial charge in [0.15, 0.2) is 5.82 Å². The first-order valence-corrected chi connectivity index (χ1v) is 8.58. The van der Waals surface area contributed by atoms with Crippen LogP contribution in [0.15, 0.2) is 66.7 Å². The van der Waals surface area contributed by atoms with Gasteiger partial charge in [-0.15, -0.1) is 5.10 Å². The molecule has 1 aromatic heterocycles. The van der Waals surface area contributed by atoms with Gasteiger partial charge in [0.2, 0.25) is 5.91 Å². The zero-order chi connectivity index (χ0) is 18.6. The van der Waals surface area contributed by atoms with Crippen molar-refractivity contribution in [3.63, 3.8) is 0 Å².